The Kier molecular flexibility index (Phi) is 9.18. The van der Waals surface area contributed by atoms with Gasteiger partial charge < -0.3 is 10.4 Å². The summed E-state index contributed by atoms with van der Waals surface area (Å²) in [6.07, 6.45) is 2.45. The van der Waals surface area contributed by atoms with Gasteiger partial charge in [0.05, 0.1) is 6.61 Å². The molecule has 0 saturated carbocycles. The third-order valence-corrected chi connectivity index (χ3v) is 3.12. The number of nitrogens with one attached hydrogen (secondary N) is 1. The molecule has 2 aromatic rings. The van der Waals surface area contributed by atoms with E-state index in [0.717, 1.165) is 6.54 Å². The van der Waals surface area contributed by atoms with Crippen LogP contribution in [-0.2, 0) is 13.0 Å². The second-order valence-electron chi connectivity index (χ2n) is 5.12. The van der Waals surface area contributed by atoms with E-state index in [0.29, 0.717) is 6.54 Å². The third kappa shape index (κ3) is 8.28. The van der Waals surface area contributed by atoms with E-state index in [2.05, 4.69) is 55.6 Å². The second-order valence-corrected chi connectivity index (χ2v) is 5.12. The Morgan fingerprint density at radius 1 is 0.905 bits per heavy atom. The molecule has 0 heterocycles. The van der Waals surface area contributed by atoms with Crippen LogP contribution >= 0.6 is 0 Å². The molecule has 21 heavy (non-hydrogen) atoms. The van der Waals surface area contributed by atoms with Gasteiger partial charge in [-0.2, -0.15) is 0 Å². The van der Waals surface area contributed by atoms with Crippen LogP contribution in [0.4, 0.5) is 0 Å². The summed E-state index contributed by atoms with van der Waals surface area (Å²) in [7, 11) is 0. The van der Waals surface area contributed by atoms with Crippen LogP contribution in [-0.4, -0.2) is 18.3 Å². The molecule has 114 valence electrons. The standard InChI is InChI=1S/C10H14.C9H13NO/c1-3-4-10-7-5-9(2)6-8-10;11-7-6-10-8-9-4-2-1-3-5-9/h5-8H,3-4H2,1-2H3;1-5,10-11H,6-8H2. The summed E-state index contributed by atoms with van der Waals surface area (Å²) in [6, 6.07) is 18.9. The summed E-state index contributed by atoms with van der Waals surface area (Å²) < 4.78 is 0. The molecule has 0 atom stereocenters. The third-order valence-electron chi connectivity index (χ3n) is 3.12. The summed E-state index contributed by atoms with van der Waals surface area (Å²) >= 11 is 0. The average Bonchev–Trinajstić information content (AvgIpc) is 2.52. The molecule has 2 rings (SSSR count). The van der Waals surface area contributed by atoms with E-state index in [4.69, 9.17) is 5.11 Å². The molecular weight excluding hydrogens is 258 g/mol. The number of aliphatic hydroxyl groups excluding tert-OH is 1. The zero-order valence-corrected chi connectivity index (χ0v) is 13.2. The highest BCUT2D eigenvalue weighted by molar-refractivity contribution is 5.21. The first kappa shape index (κ1) is 17.4. The smallest absolute Gasteiger partial charge is 0.0556 e. The van der Waals surface area contributed by atoms with Crippen molar-refractivity contribution >= 4 is 0 Å². The van der Waals surface area contributed by atoms with Crippen molar-refractivity contribution in [2.75, 3.05) is 13.2 Å². The van der Waals surface area contributed by atoms with Crippen LogP contribution in [0.2, 0.25) is 0 Å². The minimum Gasteiger partial charge on any atom is -0.395 e. The van der Waals surface area contributed by atoms with Gasteiger partial charge in [-0.3, -0.25) is 0 Å². The van der Waals surface area contributed by atoms with E-state index >= 15 is 0 Å². The number of hydrogen-bond acceptors (Lipinski definition) is 2. The summed E-state index contributed by atoms with van der Waals surface area (Å²) in [6.45, 7) is 6.03. The van der Waals surface area contributed by atoms with Crippen LogP contribution in [0.1, 0.15) is 30.0 Å². The Labute approximate surface area is 128 Å². The number of hydrogen-bond donors (Lipinski definition) is 2. The second kappa shape index (κ2) is 11.1. The van der Waals surface area contributed by atoms with Gasteiger partial charge in [0.1, 0.15) is 0 Å². The molecule has 0 aromatic heterocycles. The van der Waals surface area contributed by atoms with Crippen LogP contribution in [0.5, 0.6) is 0 Å². The highest BCUT2D eigenvalue weighted by atomic mass is 16.3. The number of aryl methyl sites for hydroxylation is 2. The molecule has 0 aliphatic heterocycles. The van der Waals surface area contributed by atoms with Gasteiger partial charge in [-0.05, 0) is 24.5 Å². The van der Waals surface area contributed by atoms with Crippen molar-refractivity contribution in [1.82, 2.24) is 5.32 Å². The average molecular weight is 285 g/mol. The summed E-state index contributed by atoms with van der Waals surface area (Å²) in [5, 5.41) is 11.6. The number of benzene rings is 2. The van der Waals surface area contributed by atoms with Crippen molar-refractivity contribution in [3.8, 4) is 0 Å². The van der Waals surface area contributed by atoms with Gasteiger partial charge in [-0.25, -0.2) is 0 Å². The molecule has 0 spiro atoms. The molecule has 0 aliphatic rings. The van der Waals surface area contributed by atoms with Gasteiger partial charge in [0.15, 0.2) is 0 Å². The zero-order chi connectivity index (χ0) is 15.3. The lowest BCUT2D eigenvalue weighted by Crippen LogP contribution is -2.17. The maximum atomic E-state index is 8.48. The highest BCUT2D eigenvalue weighted by Gasteiger charge is 1.88. The van der Waals surface area contributed by atoms with Crippen LogP contribution in [0.15, 0.2) is 54.6 Å². The quantitative estimate of drug-likeness (QED) is 0.793. The molecule has 0 unspecified atom stereocenters. The maximum Gasteiger partial charge on any atom is 0.0556 e. The molecule has 0 aliphatic carbocycles. The predicted molar refractivity (Wildman–Crippen MR) is 90.4 cm³/mol. The first-order valence-electron chi connectivity index (χ1n) is 7.67. The maximum absolute atomic E-state index is 8.48. The fourth-order valence-corrected chi connectivity index (χ4v) is 1.95. The molecule has 2 aromatic carbocycles. The summed E-state index contributed by atoms with van der Waals surface area (Å²) in [4.78, 5) is 0. The van der Waals surface area contributed by atoms with Crippen molar-refractivity contribution in [3.63, 3.8) is 0 Å². The number of aliphatic hydroxyl groups is 1. The SMILES string of the molecule is CCCc1ccc(C)cc1.OCCNCc1ccccc1. The van der Waals surface area contributed by atoms with E-state index < -0.39 is 0 Å². The lowest BCUT2D eigenvalue weighted by atomic mass is 10.1. The highest BCUT2D eigenvalue weighted by Crippen LogP contribution is 2.04. The van der Waals surface area contributed by atoms with Crippen LogP contribution in [0.3, 0.4) is 0 Å². The Morgan fingerprint density at radius 3 is 2.14 bits per heavy atom. The molecule has 0 saturated heterocycles. The molecule has 0 fully saturated rings. The molecule has 0 radical (unpaired) electrons. The van der Waals surface area contributed by atoms with Crippen molar-refractivity contribution < 1.29 is 5.11 Å². The molecular formula is C19H27NO. The fourth-order valence-electron chi connectivity index (χ4n) is 1.95. The Bertz CT molecular complexity index is 465. The topological polar surface area (TPSA) is 32.3 Å². The Morgan fingerprint density at radius 2 is 1.57 bits per heavy atom. The monoisotopic (exact) mass is 285 g/mol. The Balaban J connectivity index is 0.000000211. The first-order chi connectivity index (χ1) is 10.3. The minimum atomic E-state index is 0.201. The summed E-state index contributed by atoms with van der Waals surface area (Å²) in [5.74, 6) is 0. The largest absolute Gasteiger partial charge is 0.395 e. The molecule has 0 amide bonds. The van der Waals surface area contributed by atoms with Crippen LogP contribution in [0, 0.1) is 6.92 Å². The Hall–Kier alpha value is -1.64. The molecule has 2 heteroatoms. The van der Waals surface area contributed by atoms with Gasteiger partial charge in [-0.15, -0.1) is 0 Å². The normalized spacial score (nSPS) is 9.86. The molecule has 0 bridgehead atoms. The number of rotatable bonds is 6. The van der Waals surface area contributed by atoms with Gasteiger partial charge in [0, 0.05) is 13.1 Å². The van der Waals surface area contributed by atoms with E-state index in [1.54, 1.807) is 0 Å². The first-order valence-corrected chi connectivity index (χ1v) is 7.67. The van der Waals surface area contributed by atoms with Crippen molar-refractivity contribution in [1.29, 1.82) is 0 Å². The summed E-state index contributed by atoms with van der Waals surface area (Å²) in [5.41, 5.74) is 4.05. The zero-order valence-electron chi connectivity index (χ0n) is 13.2. The van der Waals surface area contributed by atoms with E-state index in [1.165, 1.54) is 29.5 Å². The van der Waals surface area contributed by atoms with E-state index in [1.807, 2.05) is 18.2 Å². The van der Waals surface area contributed by atoms with Gasteiger partial charge in [0.2, 0.25) is 0 Å². The van der Waals surface area contributed by atoms with Gasteiger partial charge in [-0.1, -0.05) is 73.5 Å². The fraction of sp³-hybridized carbons (Fsp3) is 0.368. The van der Waals surface area contributed by atoms with E-state index in [9.17, 15) is 0 Å². The lowest BCUT2D eigenvalue weighted by molar-refractivity contribution is 0.292. The molecule has 2 N–H and O–H groups in total. The van der Waals surface area contributed by atoms with E-state index in [-0.39, 0.29) is 6.61 Å². The van der Waals surface area contributed by atoms with Gasteiger partial charge >= 0.3 is 0 Å². The van der Waals surface area contributed by atoms with Crippen LogP contribution < -0.4 is 5.32 Å². The minimum absolute atomic E-state index is 0.201. The lowest BCUT2D eigenvalue weighted by Gasteiger charge is -2.01. The van der Waals surface area contributed by atoms with Crippen molar-refractivity contribution in [3.05, 3.63) is 71.3 Å². The van der Waals surface area contributed by atoms with Crippen molar-refractivity contribution in [2.24, 2.45) is 0 Å². The predicted octanol–water partition coefficient (Wildman–Crippen LogP) is 3.72. The van der Waals surface area contributed by atoms with Gasteiger partial charge in [0.25, 0.3) is 0 Å². The van der Waals surface area contributed by atoms with Crippen molar-refractivity contribution in [2.45, 2.75) is 33.2 Å². The van der Waals surface area contributed by atoms with Crippen LogP contribution in [0.25, 0.3) is 0 Å². The molecule has 2 nitrogen and oxygen atoms in total.